The number of hydrogen-bond donors (Lipinski definition) is 0. The summed E-state index contributed by atoms with van der Waals surface area (Å²) in [4.78, 5) is 16.0. The van der Waals surface area contributed by atoms with Crippen LogP contribution in [-0.4, -0.2) is 52.7 Å². The molecule has 2 rings (SSSR count). The Morgan fingerprint density at radius 2 is 2.33 bits per heavy atom. The predicted octanol–water partition coefficient (Wildman–Crippen LogP) is 0.720. The Labute approximate surface area is 108 Å². The summed E-state index contributed by atoms with van der Waals surface area (Å²) in [6.45, 7) is 2.84. The molecule has 0 radical (unpaired) electrons. The molecule has 1 aromatic heterocycles. The molecular weight excluding hydrogens is 228 g/mol. The molecule has 1 amide bonds. The van der Waals surface area contributed by atoms with Gasteiger partial charge in [-0.25, -0.2) is 0 Å². The lowest BCUT2D eigenvalue weighted by molar-refractivity contribution is -0.134. The highest BCUT2D eigenvalue weighted by atomic mass is 16.2. The lowest BCUT2D eigenvalue weighted by Crippen LogP contribution is -2.42. The fourth-order valence-electron chi connectivity index (χ4n) is 2.58. The summed E-state index contributed by atoms with van der Waals surface area (Å²) in [5.41, 5.74) is 1.22. The molecule has 1 aromatic rings. The average Bonchev–Trinajstić information content (AvgIpc) is 2.74. The second-order valence-electron chi connectivity index (χ2n) is 5.33. The average molecular weight is 250 g/mol. The van der Waals surface area contributed by atoms with Gasteiger partial charge >= 0.3 is 0 Å². The van der Waals surface area contributed by atoms with Crippen LogP contribution in [0, 0.1) is 5.92 Å². The number of rotatable bonds is 3. The zero-order valence-electron chi connectivity index (χ0n) is 11.5. The third kappa shape index (κ3) is 3.10. The van der Waals surface area contributed by atoms with E-state index < -0.39 is 0 Å². The van der Waals surface area contributed by atoms with Gasteiger partial charge < -0.3 is 4.90 Å². The zero-order chi connectivity index (χ0) is 13.1. The fraction of sp³-hybridized carbons (Fsp3) is 0.692. The molecule has 2 heterocycles. The van der Waals surface area contributed by atoms with Gasteiger partial charge in [-0.3, -0.25) is 14.4 Å². The van der Waals surface area contributed by atoms with Crippen molar-refractivity contribution in [1.82, 2.24) is 19.6 Å². The van der Waals surface area contributed by atoms with Crippen molar-refractivity contribution in [1.29, 1.82) is 0 Å². The molecule has 1 saturated heterocycles. The number of amides is 1. The normalized spacial score (nSPS) is 20.9. The number of aromatic nitrogens is 2. The van der Waals surface area contributed by atoms with E-state index in [1.54, 1.807) is 4.90 Å². The van der Waals surface area contributed by atoms with Crippen molar-refractivity contribution >= 4 is 5.91 Å². The third-order valence-corrected chi connectivity index (χ3v) is 3.46. The molecule has 1 fully saturated rings. The second-order valence-corrected chi connectivity index (χ2v) is 5.33. The molecule has 0 N–H and O–H groups in total. The Bertz CT molecular complexity index is 413. The summed E-state index contributed by atoms with van der Waals surface area (Å²) in [6.07, 6.45) is 6.06. The van der Waals surface area contributed by atoms with Crippen molar-refractivity contribution in [2.45, 2.75) is 19.4 Å². The van der Waals surface area contributed by atoms with Crippen LogP contribution in [0.15, 0.2) is 12.4 Å². The Hall–Kier alpha value is -1.36. The van der Waals surface area contributed by atoms with E-state index in [9.17, 15) is 4.79 Å². The van der Waals surface area contributed by atoms with Crippen molar-refractivity contribution in [3.05, 3.63) is 18.0 Å². The number of likely N-dealkylation sites (tertiary alicyclic amines) is 1. The number of carbonyl (C=O) groups excluding carboxylic acids is 1. The van der Waals surface area contributed by atoms with Gasteiger partial charge in [0.25, 0.3) is 0 Å². The largest absolute Gasteiger partial charge is 0.349 e. The summed E-state index contributed by atoms with van der Waals surface area (Å²) in [5.74, 6) is 0.413. The van der Waals surface area contributed by atoms with Gasteiger partial charge in [0.1, 0.15) is 0 Å². The molecule has 1 atom stereocenters. The van der Waals surface area contributed by atoms with Gasteiger partial charge in [-0.1, -0.05) is 0 Å². The molecule has 1 aliphatic rings. The standard InChI is InChI=1S/C13H22N4O/c1-15(2)13(18)12-5-4-6-17(10-12)9-11-7-14-16(3)8-11/h7-8,12H,4-6,9-10H2,1-3H3/t12-/m0/s1. The predicted molar refractivity (Wildman–Crippen MR) is 69.9 cm³/mol. The number of nitrogens with zero attached hydrogens (tertiary/aromatic N) is 4. The van der Waals surface area contributed by atoms with Crippen LogP contribution in [0.1, 0.15) is 18.4 Å². The molecule has 5 nitrogen and oxygen atoms in total. The molecule has 18 heavy (non-hydrogen) atoms. The number of carbonyl (C=O) groups is 1. The van der Waals surface area contributed by atoms with Crippen LogP contribution in [0.4, 0.5) is 0 Å². The SMILES string of the molecule is CN(C)C(=O)[C@H]1CCCN(Cc2cnn(C)c2)C1. The van der Waals surface area contributed by atoms with Gasteiger partial charge in [-0.2, -0.15) is 5.10 Å². The van der Waals surface area contributed by atoms with Crippen LogP contribution in [0.5, 0.6) is 0 Å². The van der Waals surface area contributed by atoms with Crippen molar-refractivity contribution in [2.75, 3.05) is 27.2 Å². The Morgan fingerprint density at radius 1 is 1.56 bits per heavy atom. The van der Waals surface area contributed by atoms with Crippen molar-refractivity contribution in [2.24, 2.45) is 13.0 Å². The van der Waals surface area contributed by atoms with Gasteiger partial charge in [-0.05, 0) is 19.4 Å². The zero-order valence-corrected chi connectivity index (χ0v) is 11.5. The second kappa shape index (κ2) is 5.52. The molecule has 0 spiro atoms. The Balaban J connectivity index is 1.92. The topological polar surface area (TPSA) is 41.4 Å². The van der Waals surface area contributed by atoms with Gasteiger partial charge in [0, 0.05) is 46.0 Å². The third-order valence-electron chi connectivity index (χ3n) is 3.46. The first kappa shape index (κ1) is 13.1. The van der Waals surface area contributed by atoms with Crippen LogP contribution >= 0.6 is 0 Å². The van der Waals surface area contributed by atoms with Crippen molar-refractivity contribution in [3.8, 4) is 0 Å². The van der Waals surface area contributed by atoms with Crippen LogP contribution in [0.3, 0.4) is 0 Å². The highest BCUT2D eigenvalue weighted by Gasteiger charge is 2.26. The van der Waals surface area contributed by atoms with E-state index in [4.69, 9.17) is 0 Å². The molecule has 0 saturated carbocycles. The van der Waals surface area contributed by atoms with E-state index in [0.29, 0.717) is 0 Å². The monoisotopic (exact) mass is 250 g/mol. The highest BCUT2D eigenvalue weighted by Crippen LogP contribution is 2.19. The minimum Gasteiger partial charge on any atom is -0.349 e. The van der Waals surface area contributed by atoms with Gasteiger partial charge in [-0.15, -0.1) is 0 Å². The molecule has 0 aromatic carbocycles. The van der Waals surface area contributed by atoms with E-state index in [0.717, 1.165) is 32.5 Å². The first-order chi connectivity index (χ1) is 8.56. The minimum atomic E-state index is 0.158. The maximum Gasteiger partial charge on any atom is 0.226 e. The molecule has 0 aliphatic carbocycles. The van der Waals surface area contributed by atoms with Gasteiger partial charge in [0.15, 0.2) is 0 Å². The molecule has 0 bridgehead atoms. The summed E-state index contributed by atoms with van der Waals surface area (Å²) in [7, 11) is 5.60. The van der Waals surface area contributed by atoms with Crippen molar-refractivity contribution in [3.63, 3.8) is 0 Å². The maximum atomic E-state index is 12.0. The first-order valence-electron chi connectivity index (χ1n) is 6.47. The lowest BCUT2D eigenvalue weighted by Gasteiger charge is -2.32. The summed E-state index contributed by atoms with van der Waals surface area (Å²) in [5, 5.41) is 4.18. The van der Waals surface area contributed by atoms with E-state index in [1.807, 2.05) is 38.2 Å². The van der Waals surface area contributed by atoms with Crippen LogP contribution in [-0.2, 0) is 18.4 Å². The van der Waals surface area contributed by atoms with E-state index in [2.05, 4.69) is 10.00 Å². The highest BCUT2D eigenvalue weighted by molar-refractivity contribution is 5.78. The molecule has 1 aliphatic heterocycles. The Kier molecular flexibility index (Phi) is 4.01. The maximum absolute atomic E-state index is 12.0. The Morgan fingerprint density at radius 3 is 2.94 bits per heavy atom. The molecule has 0 unspecified atom stereocenters. The number of hydrogen-bond acceptors (Lipinski definition) is 3. The molecule has 100 valence electrons. The summed E-state index contributed by atoms with van der Waals surface area (Å²) >= 11 is 0. The lowest BCUT2D eigenvalue weighted by atomic mass is 9.96. The first-order valence-corrected chi connectivity index (χ1v) is 6.47. The number of piperidine rings is 1. The van der Waals surface area contributed by atoms with Crippen LogP contribution in [0.2, 0.25) is 0 Å². The quantitative estimate of drug-likeness (QED) is 0.794. The smallest absolute Gasteiger partial charge is 0.226 e. The molecular formula is C13H22N4O. The summed E-state index contributed by atoms with van der Waals surface area (Å²) in [6, 6.07) is 0. The van der Waals surface area contributed by atoms with E-state index in [1.165, 1.54) is 5.56 Å². The van der Waals surface area contributed by atoms with Crippen LogP contribution < -0.4 is 0 Å². The van der Waals surface area contributed by atoms with E-state index >= 15 is 0 Å². The van der Waals surface area contributed by atoms with Crippen molar-refractivity contribution < 1.29 is 4.79 Å². The van der Waals surface area contributed by atoms with Gasteiger partial charge in [0.2, 0.25) is 5.91 Å². The van der Waals surface area contributed by atoms with Crippen LogP contribution in [0.25, 0.3) is 0 Å². The number of aryl methyl sites for hydroxylation is 1. The minimum absolute atomic E-state index is 0.158. The summed E-state index contributed by atoms with van der Waals surface area (Å²) < 4.78 is 1.82. The molecule has 5 heteroatoms. The van der Waals surface area contributed by atoms with Gasteiger partial charge in [0.05, 0.1) is 12.1 Å². The van der Waals surface area contributed by atoms with E-state index in [-0.39, 0.29) is 11.8 Å². The fourth-order valence-corrected chi connectivity index (χ4v) is 2.58.